The molecule has 2 rings (SSSR count). The number of hydrogen-bond donors (Lipinski definition) is 1. The van der Waals surface area contributed by atoms with Gasteiger partial charge in [0.25, 0.3) is 0 Å². The van der Waals surface area contributed by atoms with Gasteiger partial charge in [0, 0.05) is 0 Å². The number of pyridine rings is 1. The molecular weight excluding hydrogens is 297 g/mol. The van der Waals surface area contributed by atoms with E-state index in [0.29, 0.717) is 10.2 Å². The molecule has 0 aromatic carbocycles. The van der Waals surface area contributed by atoms with Crippen LogP contribution in [-0.4, -0.2) is 28.4 Å². The summed E-state index contributed by atoms with van der Waals surface area (Å²) in [6, 6.07) is 3.57. The van der Waals surface area contributed by atoms with Gasteiger partial charge in [-0.15, -0.1) is 0 Å². The van der Waals surface area contributed by atoms with E-state index in [4.69, 9.17) is 9.31 Å². The minimum Gasteiger partial charge on any atom is -0.398 e. The molecule has 18 heavy (non-hydrogen) atoms. The van der Waals surface area contributed by atoms with Gasteiger partial charge in [-0.05, 0) is 61.3 Å². The monoisotopic (exact) mass is 313 g/mol. The van der Waals surface area contributed by atoms with Gasteiger partial charge in [-0.3, -0.25) is 0 Å². The predicted octanol–water partition coefficient (Wildman–Crippen LogP) is 1.64. The molecule has 1 N–H and O–H groups in total. The van der Waals surface area contributed by atoms with Crippen molar-refractivity contribution in [2.45, 2.75) is 45.5 Å². The van der Waals surface area contributed by atoms with Gasteiger partial charge in [-0.1, -0.05) is 0 Å². The number of hydrogen-bond acceptors (Lipinski definition) is 4. The summed E-state index contributed by atoms with van der Waals surface area (Å²) in [5, 5.41) is 9.20. The zero-order valence-electron chi connectivity index (χ0n) is 11.0. The quantitative estimate of drug-likeness (QED) is 0.666. The molecule has 1 aromatic rings. The van der Waals surface area contributed by atoms with Crippen LogP contribution in [0.25, 0.3) is 0 Å². The maximum Gasteiger partial charge on any atom is 0.514 e. The Morgan fingerprint density at radius 1 is 1.22 bits per heavy atom. The lowest BCUT2D eigenvalue weighted by Gasteiger charge is -2.32. The fourth-order valence-corrected chi connectivity index (χ4v) is 2.25. The van der Waals surface area contributed by atoms with Crippen LogP contribution in [0.2, 0.25) is 0 Å². The van der Waals surface area contributed by atoms with Gasteiger partial charge < -0.3 is 14.4 Å². The fourth-order valence-electron chi connectivity index (χ4n) is 1.75. The minimum absolute atomic E-state index is 0.0341. The predicted molar refractivity (Wildman–Crippen MR) is 73.6 cm³/mol. The number of aromatic nitrogens is 1. The van der Waals surface area contributed by atoms with Crippen molar-refractivity contribution in [3.63, 3.8) is 0 Å². The van der Waals surface area contributed by atoms with Gasteiger partial charge >= 0.3 is 7.12 Å². The summed E-state index contributed by atoms with van der Waals surface area (Å²) in [6.07, 6.45) is 0. The second-order valence-electron chi connectivity index (χ2n) is 5.47. The minimum atomic E-state index is -0.502. The highest BCUT2D eigenvalue weighted by atomic mass is 79.9. The Morgan fingerprint density at radius 2 is 1.78 bits per heavy atom. The molecule has 6 heteroatoms. The fraction of sp³-hybridized carbons (Fsp3) is 0.583. The summed E-state index contributed by atoms with van der Waals surface area (Å²) in [5.74, 6) is 0. The van der Waals surface area contributed by atoms with Crippen molar-refractivity contribution >= 4 is 28.6 Å². The van der Waals surface area contributed by atoms with Crippen molar-refractivity contribution in [1.29, 1.82) is 0 Å². The van der Waals surface area contributed by atoms with Crippen molar-refractivity contribution in [3.8, 4) is 0 Å². The number of halogens is 1. The van der Waals surface area contributed by atoms with E-state index >= 15 is 0 Å². The van der Waals surface area contributed by atoms with E-state index in [2.05, 4.69) is 20.9 Å². The highest BCUT2D eigenvalue weighted by Crippen LogP contribution is 2.36. The van der Waals surface area contributed by atoms with Gasteiger partial charge in [0.15, 0.2) is 0 Å². The zero-order chi connectivity index (χ0) is 13.6. The third-order valence-electron chi connectivity index (χ3n) is 3.55. The lowest BCUT2D eigenvalue weighted by Crippen LogP contribution is -2.41. The van der Waals surface area contributed by atoms with Gasteiger partial charge in [0.05, 0.1) is 23.4 Å². The standard InChI is InChI=1S/C12H17BBrNO3/c1-11(2)12(3,4)18-13(17-11)9-5-8(7-16)6-10(14)15-9/h5-6,16H,7H2,1-4H3. The summed E-state index contributed by atoms with van der Waals surface area (Å²) < 4.78 is 12.5. The molecule has 1 aromatic heterocycles. The molecule has 1 fully saturated rings. The van der Waals surface area contributed by atoms with Crippen molar-refractivity contribution in [2.24, 2.45) is 0 Å². The van der Waals surface area contributed by atoms with Crippen molar-refractivity contribution in [1.82, 2.24) is 4.98 Å². The van der Waals surface area contributed by atoms with Gasteiger partial charge in [-0.25, -0.2) is 4.98 Å². The van der Waals surface area contributed by atoms with Gasteiger partial charge in [0.2, 0.25) is 0 Å². The normalized spacial score (nSPS) is 21.3. The van der Waals surface area contributed by atoms with Crippen LogP contribution < -0.4 is 5.59 Å². The molecule has 0 spiro atoms. The Morgan fingerprint density at radius 3 is 2.28 bits per heavy atom. The highest BCUT2D eigenvalue weighted by Gasteiger charge is 2.52. The van der Waals surface area contributed by atoms with E-state index in [9.17, 15) is 5.11 Å². The van der Waals surface area contributed by atoms with Crippen molar-refractivity contribution < 1.29 is 14.4 Å². The maximum atomic E-state index is 9.20. The van der Waals surface area contributed by atoms with Crippen LogP contribution in [0, 0.1) is 0 Å². The number of nitrogens with zero attached hydrogens (tertiary/aromatic N) is 1. The summed E-state index contributed by atoms with van der Waals surface area (Å²) >= 11 is 3.32. The summed E-state index contributed by atoms with van der Waals surface area (Å²) in [6.45, 7) is 7.96. The van der Waals surface area contributed by atoms with E-state index in [0.717, 1.165) is 5.56 Å². The average molecular weight is 314 g/mol. The Labute approximate surface area is 116 Å². The number of aliphatic hydroxyl groups is 1. The summed E-state index contributed by atoms with van der Waals surface area (Å²) in [7, 11) is -0.502. The molecule has 0 radical (unpaired) electrons. The molecule has 0 saturated carbocycles. The lowest BCUT2D eigenvalue weighted by molar-refractivity contribution is 0.00578. The molecular formula is C12H17BBrNO3. The van der Waals surface area contributed by atoms with Crippen LogP contribution in [0.5, 0.6) is 0 Å². The van der Waals surface area contributed by atoms with Gasteiger partial charge in [-0.2, -0.15) is 0 Å². The highest BCUT2D eigenvalue weighted by molar-refractivity contribution is 9.10. The van der Waals surface area contributed by atoms with E-state index < -0.39 is 7.12 Å². The number of aliphatic hydroxyl groups excluding tert-OH is 1. The van der Waals surface area contributed by atoms with E-state index in [1.165, 1.54) is 0 Å². The molecule has 4 nitrogen and oxygen atoms in total. The Bertz CT molecular complexity index is 449. The number of rotatable bonds is 2. The molecule has 0 unspecified atom stereocenters. The van der Waals surface area contributed by atoms with Crippen LogP contribution in [0.1, 0.15) is 33.3 Å². The average Bonchev–Trinajstić information content (AvgIpc) is 2.47. The largest absolute Gasteiger partial charge is 0.514 e. The molecule has 0 atom stereocenters. The SMILES string of the molecule is CC1(C)OB(c2cc(CO)cc(Br)n2)OC1(C)C. The van der Waals surface area contributed by atoms with E-state index in [1.807, 2.05) is 27.7 Å². The second kappa shape index (κ2) is 4.60. The van der Waals surface area contributed by atoms with Crippen LogP contribution in [0.4, 0.5) is 0 Å². The maximum absolute atomic E-state index is 9.20. The molecule has 0 bridgehead atoms. The molecule has 1 aliphatic heterocycles. The zero-order valence-corrected chi connectivity index (χ0v) is 12.6. The second-order valence-corrected chi connectivity index (χ2v) is 6.28. The van der Waals surface area contributed by atoms with Gasteiger partial charge in [0.1, 0.15) is 4.60 Å². The summed E-state index contributed by atoms with van der Waals surface area (Å²) in [5.41, 5.74) is 0.677. The Kier molecular flexibility index (Phi) is 3.57. The van der Waals surface area contributed by atoms with Crippen molar-refractivity contribution in [3.05, 3.63) is 22.3 Å². The first-order valence-corrected chi connectivity index (χ1v) is 6.67. The summed E-state index contributed by atoms with van der Waals surface area (Å²) in [4.78, 5) is 4.35. The van der Waals surface area contributed by atoms with Crippen LogP contribution in [0.15, 0.2) is 16.7 Å². The van der Waals surface area contributed by atoms with Crippen molar-refractivity contribution in [2.75, 3.05) is 0 Å². The first-order chi connectivity index (χ1) is 8.25. The third-order valence-corrected chi connectivity index (χ3v) is 3.96. The first kappa shape index (κ1) is 14.0. The molecule has 0 amide bonds. The molecule has 1 aliphatic rings. The molecule has 1 saturated heterocycles. The first-order valence-electron chi connectivity index (χ1n) is 5.88. The topological polar surface area (TPSA) is 51.6 Å². The van der Waals surface area contributed by atoms with Crippen LogP contribution in [0.3, 0.4) is 0 Å². The van der Waals surface area contributed by atoms with E-state index in [1.54, 1.807) is 12.1 Å². The third kappa shape index (κ3) is 2.47. The molecule has 98 valence electrons. The molecule has 0 aliphatic carbocycles. The Hall–Kier alpha value is -0.425. The molecule has 2 heterocycles. The van der Waals surface area contributed by atoms with Crippen LogP contribution in [-0.2, 0) is 15.9 Å². The Balaban J connectivity index is 2.32. The lowest BCUT2D eigenvalue weighted by atomic mass is 9.83. The smallest absolute Gasteiger partial charge is 0.398 e. The van der Waals surface area contributed by atoms with E-state index in [-0.39, 0.29) is 17.8 Å². The van der Waals surface area contributed by atoms with Crippen LogP contribution >= 0.6 is 15.9 Å².